The monoisotopic (exact) mass is 272 g/mol. The number of hydrogen-bond acceptors (Lipinski definition) is 2. The maximum Gasteiger partial charge on any atom is 0.336 e. The van der Waals surface area contributed by atoms with Crippen LogP contribution >= 0.6 is 15.9 Å². The highest BCUT2D eigenvalue weighted by Crippen LogP contribution is 2.23. The van der Waals surface area contributed by atoms with Crippen molar-refractivity contribution < 1.29 is 14.6 Å². The van der Waals surface area contributed by atoms with Crippen LogP contribution in [0.25, 0.3) is 0 Å². The van der Waals surface area contributed by atoms with E-state index in [0.717, 1.165) is 0 Å². The molecule has 82 valence electrons. The molecule has 0 spiro atoms. The second-order valence-electron chi connectivity index (χ2n) is 3.65. The van der Waals surface area contributed by atoms with Crippen LogP contribution < -0.4 is 4.74 Å². The number of hydrogen-bond donors (Lipinski definition) is 1. The summed E-state index contributed by atoms with van der Waals surface area (Å²) < 4.78 is 6.00. The van der Waals surface area contributed by atoms with Crippen molar-refractivity contribution in [3.63, 3.8) is 0 Å². The average Bonchev–Trinajstić information content (AvgIpc) is 2.14. The fraction of sp³-hybridized carbons (Fsp3) is 0.364. The molecule has 0 saturated heterocycles. The second-order valence-corrected chi connectivity index (χ2v) is 4.51. The van der Waals surface area contributed by atoms with E-state index < -0.39 is 5.97 Å². The molecule has 0 radical (unpaired) electrons. The van der Waals surface area contributed by atoms with Crippen LogP contribution in [0.2, 0.25) is 0 Å². The Morgan fingerprint density at radius 3 is 2.67 bits per heavy atom. The van der Waals surface area contributed by atoms with E-state index in [9.17, 15) is 4.79 Å². The van der Waals surface area contributed by atoms with E-state index in [-0.39, 0.29) is 5.56 Å². The molecule has 0 heterocycles. The van der Waals surface area contributed by atoms with Crippen LogP contribution in [0.15, 0.2) is 22.7 Å². The lowest BCUT2D eigenvalue weighted by atomic mass is 10.2. The highest BCUT2D eigenvalue weighted by Gasteiger charge is 2.08. The molecule has 0 saturated carbocycles. The van der Waals surface area contributed by atoms with Gasteiger partial charge in [-0.3, -0.25) is 0 Å². The molecule has 1 N–H and O–H groups in total. The molecule has 1 rings (SSSR count). The molecule has 0 amide bonds. The van der Waals surface area contributed by atoms with Crippen molar-refractivity contribution >= 4 is 21.9 Å². The number of carbonyl (C=O) groups is 1. The van der Waals surface area contributed by atoms with E-state index >= 15 is 0 Å². The summed E-state index contributed by atoms with van der Waals surface area (Å²) in [6, 6.07) is 4.87. The molecule has 0 aromatic heterocycles. The number of carboxylic acids is 1. The van der Waals surface area contributed by atoms with Gasteiger partial charge in [0.2, 0.25) is 0 Å². The van der Waals surface area contributed by atoms with Gasteiger partial charge in [-0.05, 0) is 40.0 Å². The third-order valence-electron chi connectivity index (χ3n) is 1.75. The van der Waals surface area contributed by atoms with Crippen molar-refractivity contribution in [2.75, 3.05) is 6.61 Å². The lowest BCUT2D eigenvalue weighted by molar-refractivity contribution is 0.0696. The van der Waals surface area contributed by atoms with Gasteiger partial charge in [0.05, 0.1) is 12.2 Å². The van der Waals surface area contributed by atoms with Gasteiger partial charge in [0.15, 0.2) is 0 Å². The van der Waals surface area contributed by atoms with E-state index in [0.29, 0.717) is 22.7 Å². The van der Waals surface area contributed by atoms with Crippen LogP contribution in [0.1, 0.15) is 24.2 Å². The predicted octanol–water partition coefficient (Wildman–Crippen LogP) is 3.18. The van der Waals surface area contributed by atoms with E-state index in [2.05, 4.69) is 29.8 Å². The van der Waals surface area contributed by atoms with E-state index in [1.807, 2.05) is 0 Å². The van der Waals surface area contributed by atoms with Gasteiger partial charge < -0.3 is 9.84 Å². The van der Waals surface area contributed by atoms with Crippen LogP contribution in [-0.4, -0.2) is 17.7 Å². The average molecular weight is 273 g/mol. The highest BCUT2D eigenvalue weighted by atomic mass is 79.9. The van der Waals surface area contributed by atoms with Crippen LogP contribution in [-0.2, 0) is 0 Å². The molecule has 0 aliphatic carbocycles. The molecule has 1 aromatic rings. The summed E-state index contributed by atoms with van der Waals surface area (Å²) in [7, 11) is 0. The lowest BCUT2D eigenvalue weighted by Gasteiger charge is -2.09. The molecular weight excluding hydrogens is 260 g/mol. The lowest BCUT2D eigenvalue weighted by Crippen LogP contribution is -2.05. The Kier molecular flexibility index (Phi) is 4.15. The Hall–Kier alpha value is -1.03. The van der Waals surface area contributed by atoms with Gasteiger partial charge in [0.25, 0.3) is 0 Å². The number of halogens is 1. The Morgan fingerprint density at radius 2 is 2.20 bits per heavy atom. The van der Waals surface area contributed by atoms with E-state index in [4.69, 9.17) is 9.84 Å². The van der Waals surface area contributed by atoms with Crippen molar-refractivity contribution in [3.8, 4) is 5.75 Å². The summed E-state index contributed by atoms with van der Waals surface area (Å²) in [5.74, 6) is 0.181. The smallest absolute Gasteiger partial charge is 0.336 e. The van der Waals surface area contributed by atoms with Crippen LogP contribution in [0, 0.1) is 5.92 Å². The molecule has 3 nitrogen and oxygen atoms in total. The third-order valence-corrected chi connectivity index (χ3v) is 2.41. The number of benzene rings is 1. The summed E-state index contributed by atoms with van der Waals surface area (Å²) in [6.45, 7) is 4.74. The zero-order chi connectivity index (χ0) is 11.4. The van der Waals surface area contributed by atoms with Crippen molar-refractivity contribution in [2.45, 2.75) is 13.8 Å². The number of carboxylic acid groups (broad SMARTS) is 1. The molecule has 0 aliphatic rings. The minimum Gasteiger partial charge on any atom is -0.493 e. The summed E-state index contributed by atoms with van der Waals surface area (Å²) >= 11 is 3.19. The topological polar surface area (TPSA) is 46.5 Å². The highest BCUT2D eigenvalue weighted by molar-refractivity contribution is 9.10. The molecule has 1 aromatic carbocycles. The minimum absolute atomic E-state index is 0.242. The number of rotatable bonds is 4. The van der Waals surface area contributed by atoms with Crippen molar-refractivity contribution in [3.05, 3.63) is 28.2 Å². The van der Waals surface area contributed by atoms with Gasteiger partial charge >= 0.3 is 5.97 Å². The largest absolute Gasteiger partial charge is 0.493 e. The fourth-order valence-electron chi connectivity index (χ4n) is 1.02. The molecular formula is C11H13BrO3. The van der Waals surface area contributed by atoms with Crippen molar-refractivity contribution in [2.24, 2.45) is 5.92 Å². The zero-order valence-corrected chi connectivity index (χ0v) is 10.2. The predicted molar refractivity (Wildman–Crippen MR) is 61.4 cm³/mol. The van der Waals surface area contributed by atoms with E-state index in [1.165, 1.54) is 6.07 Å². The van der Waals surface area contributed by atoms with E-state index in [1.54, 1.807) is 12.1 Å². The van der Waals surface area contributed by atoms with Crippen LogP contribution in [0.4, 0.5) is 0 Å². The molecule has 15 heavy (non-hydrogen) atoms. The SMILES string of the molecule is CC(C)COc1ccc(C(=O)O)c(Br)c1. The van der Waals surface area contributed by atoms with Crippen molar-refractivity contribution in [1.29, 1.82) is 0 Å². The first kappa shape index (κ1) is 12.0. The maximum absolute atomic E-state index is 10.7. The number of aromatic carboxylic acids is 1. The fourth-order valence-corrected chi connectivity index (χ4v) is 1.55. The third kappa shape index (κ3) is 3.55. The molecule has 0 atom stereocenters. The first-order valence-electron chi connectivity index (χ1n) is 4.66. The van der Waals surface area contributed by atoms with Crippen LogP contribution in [0.3, 0.4) is 0 Å². The molecule has 0 fully saturated rings. The zero-order valence-electron chi connectivity index (χ0n) is 8.66. The quantitative estimate of drug-likeness (QED) is 0.916. The van der Waals surface area contributed by atoms with Gasteiger partial charge in [0, 0.05) is 4.47 Å². The summed E-state index contributed by atoms with van der Waals surface area (Å²) in [5, 5.41) is 8.80. The van der Waals surface area contributed by atoms with Gasteiger partial charge in [-0.15, -0.1) is 0 Å². The summed E-state index contributed by atoms with van der Waals surface area (Å²) in [4.78, 5) is 10.7. The molecule has 0 unspecified atom stereocenters. The Bertz CT molecular complexity index is 361. The normalized spacial score (nSPS) is 10.4. The molecule has 0 bridgehead atoms. The Labute approximate surface area is 97.2 Å². The minimum atomic E-state index is -0.947. The molecule has 4 heteroatoms. The van der Waals surface area contributed by atoms with Gasteiger partial charge in [-0.25, -0.2) is 4.79 Å². The first-order chi connectivity index (χ1) is 7.00. The van der Waals surface area contributed by atoms with Gasteiger partial charge in [-0.1, -0.05) is 13.8 Å². The summed E-state index contributed by atoms with van der Waals surface area (Å²) in [6.07, 6.45) is 0. The van der Waals surface area contributed by atoms with Gasteiger partial charge in [-0.2, -0.15) is 0 Å². The maximum atomic E-state index is 10.7. The Balaban J connectivity index is 2.78. The van der Waals surface area contributed by atoms with Gasteiger partial charge in [0.1, 0.15) is 5.75 Å². The number of ether oxygens (including phenoxy) is 1. The van der Waals surface area contributed by atoms with Crippen LogP contribution in [0.5, 0.6) is 5.75 Å². The summed E-state index contributed by atoms with van der Waals surface area (Å²) in [5.41, 5.74) is 0.242. The van der Waals surface area contributed by atoms with Crippen molar-refractivity contribution in [1.82, 2.24) is 0 Å². The Morgan fingerprint density at radius 1 is 1.53 bits per heavy atom. The molecule has 0 aliphatic heterocycles. The second kappa shape index (κ2) is 5.16. The first-order valence-corrected chi connectivity index (χ1v) is 5.45. The standard InChI is InChI=1S/C11H13BrO3/c1-7(2)6-15-8-3-4-9(11(13)14)10(12)5-8/h3-5,7H,6H2,1-2H3,(H,13,14).